The number of benzene rings is 1. The van der Waals surface area contributed by atoms with Gasteiger partial charge in [-0.3, -0.25) is 0 Å². The predicted octanol–water partition coefficient (Wildman–Crippen LogP) is 3.02. The van der Waals surface area contributed by atoms with Crippen LogP contribution < -0.4 is 10.1 Å². The number of hydrogen-bond donors (Lipinski definition) is 1. The smallest absolute Gasteiger partial charge is 0.190 e. The van der Waals surface area contributed by atoms with Gasteiger partial charge in [0.1, 0.15) is 6.61 Å². The van der Waals surface area contributed by atoms with E-state index in [0.29, 0.717) is 24.8 Å². The summed E-state index contributed by atoms with van der Waals surface area (Å²) in [6, 6.07) is 3.14. The van der Waals surface area contributed by atoms with E-state index in [9.17, 15) is 8.78 Å². The van der Waals surface area contributed by atoms with E-state index in [1.807, 2.05) is 13.8 Å². The molecule has 1 N–H and O–H groups in total. The van der Waals surface area contributed by atoms with Gasteiger partial charge < -0.3 is 14.8 Å². The van der Waals surface area contributed by atoms with Crippen LogP contribution in [0.15, 0.2) is 12.1 Å². The van der Waals surface area contributed by atoms with Crippen LogP contribution in [0.4, 0.5) is 8.78 Å². The molecule has 3 nitrogen and oxygen atoms in total. The predicted molar refractivity (Wildman–Crippen MR) is 72.8 cm³/mol. The molecule has 0 saturated heterocycles. The van der Waals surface area contributed by atoms with Crippen LogP contribution in [-0.2, 0) is 11.3 Å². The molecule has 1 fully saturated rings. The van der Waals surface area contributed by atoms with E-state index < -0.39 is 11.6 Å². The van der Waals surface area contributed by atoms with Crippen molar-refractivity contribution >= 4 is 0 Å². The van der Waals surface area contributed by atoms with Gasteiger partial charge in [-0.25, -0.2) is 8.78 Å². The second-order valence-corrected chi connectivity index (χ2v) is 5.31. The standard InChI is InChI=1S/C15H21F2NO2/c1-10(2)19-5-6-20-15-13(16)7-11(8-14(15)17)9-18-12-3-4-12/h7-8,10,12,18H,3-6,9H2,1-2H3. The Bertz CT molecular complexity index is 424. The molecule has 1 saturated carbocycles. The lowest BCUT2D eigenvalue weighted by Crippen LogP contribution is -2.16. The molecule has 0 unspecified atom stereocenters. The van der Waals surface area contributed by atoms with Gasteiger partial charge in [0.15, 0.2) is 17.4 Å². The van der Waals surface area contributed by atoms with Gasteiger partial charge in [-0.05, 0) is 44.4 Å². The zero-order valence-electron chi connectivity index (χ0n) is 11.9. The first kappa shape index (κ1) is 15.2. The molecule has 0 aliphatic heterocycles. The van der Waals surface area contributed by atoms with Crippen LogP contribution in [0.25, 0.3) is 0 Å². The Morgan fingerprint density at radius 3 is 2.40 bits per heavy atom. The van der Waals surface area contributed by atoms with Crippen molar-refractivity contribution in [2.24, 2.45) is 0 Å². The van der Waals surface area contributed by atoms with Gasteiger partial charge in [0.25, 0.3) is 0 Å². The van der Waals surface area contributed by atoms with E-state index in [4.69, 9.17) is 9.47 Å². The number of halogens is 2. The van der Waals surface area contributed by atoms with Crippen molar-refractivity contribution in [1.82, 2.24) is 5.32 Å². The van der Waals surface area contributed by atoms with Gasteiger partial charge in [0.05, 0.1) is 12.7 Å². The van der Waals surface area contributed by atoms with E-state index in [0.717, 1.165) is 12.8 Å². The summed E-state index contributed by atoms with van der Waals surface area (Å²) in [6.45, 7) is 4.70. The second kappa shape index (κ2) is 6.99. The van der Waals surface area contributed by atoms with Gasteiger partial charge >= 0.3 is 0 Å². The van der Waals surface area contributed by atoms with Crippen molar-refractivity contribution in [2.75, 3.05) is 13.2 Å². The minimum absolute atomic E-state index is 0.0733. The fourth-order valence-electron chi connectivity index (χ4n) is 1.83. The van der Waals surface area contributed by atoms with Crippen LogP contribution in [0.3, 0.4) is 0 Å². The topological polar surface area (TPSA) is 30.5 Å². The van der Waals surface area contributed by atoms with E-state index in [-0.39, 0.29) is 18.5 Å². The zero-order chi connectivity index (χ0) is 14.5. The fraction of sp³-hybridized carbons (Fsp3) is 0.600. The van der Waals surface area contributed by atoms with Crippen LogP contribution in [-0.4, -0.2) is 25.4 Å². The summed E-state index contributed by atoms with van der Waals surface area (Å²) in [5.41, 5.74) is 0.595. The molecule has 0 aromatic heterocycles. The zero-order valence-corrected chi connectivity index (χ0v) is 11.9. The number of hydrogen-bond acceptors (Lipinski definition) is 3. The molecule has 0 spiro atoms. The van der Waals surface area contributed by atoms with E-state index in [1.165, 1.54) is 12.1 Å². The molecule has 0 atom stereocenters. The minimum atomic E-state index is -0.665. The van der Waals surface area contributed by atoms with Gasteiger partial charge in [-0.2, -0.15) is 0 Å². The Morgan fingerprint density at radius 1 is 1.20 bits per heavy atom. The third kappa shape index (κ3) is 4.72. The maximum Gasteiger partial charge on any atom is 0.190 e. The lowest BCUT2D eigenvalue weighted by Gasteiger charge is -2.12. The van der Waals surface area contributed by atoms with Crippen molar-refractivity contribution in [3.63, 3.8) is 0 Å². The molecule has 0 heterocycles. The summed E-state index contributed by atoms with van der Waals surface area (Å²) in [7, 11) is 0. The lowest BCUT2D eigenvalue weighted by molar-refractivity contribution is 0.0535. The molecular formula is C15H21F2NO2. The molecule has 1 aliphatic carbocycles. The van der Waals surface area contributed by atoms with Gasteiger partial charge in [0.2, 0.25) is 0 Å². The summed E-state index contributed by atoms with van der Waals surface area (Å²) in [4.78, 5) is 0. The van der Waals surface area contributed by atoms with E-state index in [2.05, 4.69) is 5.32 Å². The quantitative estimate of drug-likeness (QED) is 0.745. The summed E-state index contributed by atoms with van der Waals surface area (Å²) in [5.74, 6) is -1.66. The van der Waals surface area contributed by atoms with E-state index in [1.54, 1.807) is 0 Å². The molecule has 1 aromatic rings. The van der Waals surface area contributed by atoms with Crippen LogP contribution in [0, 0.1) is 11.6 Å². The third-order valence-electron chi connectivity index (χ3n) is 3.01. The van der Waals surface area contributed by atoms with Crippen molar-refractivity contribution in [2.45, 2.75) is 45.4 Å². The second-order valence-electron chi connectivity index (χ2n) is 5.31. The van der Waals surface area contributed by atoms with Gasteiger partial charge in [-0.15, -0.1) is 0 Å². The van der Waals surface area contributed by atoms with Gasteiger partial charge in [-0.1, -0.05) is 0 Å². The van der Waals surface area contributed by atoms with Crippen molar-refractivity contribution in [3.8, 4) is 5.75 Å². The molecule has 1 aromatic carbocycles. The van der Waals surface area contributed by atoms with Crippen molar-refractivity contribution in [1.29, 1.82) is 0 Å². The van der Waals surface area contributed by atoms with E-state index >= 15 is 0 Å². The lowest BCUT2D eigenvalue weighted by atomic mass is 10.2. The molecule has 5 heteroatoms. The summed E-state index contributed by atoms with van der Waals surface area (Å²) in [6.07, 6.45) is 2.36. The molecule has 0 radical (unpaired) electrons. The van der Waals surface area contributed by atoms with Crippen molar-refractivity contribution in [3.05, 3.63) is 29.3 Å². The largest absolute Gasteiger partial charge is 0.485 e. The molecule has 0 bridgehead atoms. The Balaban J connectivity index is 1.87. The molecule has 0 amide bonds. The number of rotatable bonds is 8. The minimum Gasteiger partial charge on any atom is -0.485 e. The molecular weight excluding hydrogens is 264 g/mol. The van der Waals surface area contributed by atoms with Crippen LogP contribution in [0.2, 0.25) is 0 Å². The average Bonchev–Trinajstić information content (AvgIpc) is 3.18. The maximum absolute atomic E-state index is 13.8. The Hall–Kier alpha value is -1.20. The Morgan fingerprint density at radius 2 is 1.85 bits per heavy atom. The highest BCUT2D eigenvalue weighted by atomic mass is 19.1. The number of ether oxygens (including phenoxy) is 2. The van der Waals surface area contributed by atoms with Gasteiger partial charge in [0, 0.05) is 12.6 Å². The van der Waals surface area contributed by atoms with Crippen LogP contribution >= 0.6 is 0 Å². The normalized spacial score (nSPS) is 14.8. The Labute approximate surface area is 118 Å². The average molecular weight is 285 g/mol. The first-order chi connectivity index (χ1) is 9.56. The molecule has 20 heavy (non-hydrogen) atoms. The first-order valence-corrected chi connectivity index (χ1v) is 7.02. The highest BCUT2D eigenvalue weighted by molar-refractivity contribution is 5.31. The van der Waals surface area contributed by atoms with Crippen molar-refractivity contribution < 1.29 is 18.3 Å². The number of nitrogens with one attached hydrogen (secondary N) is 1. The first-order valence-electron chi connectivity index (χ1n) is 7.02. The monoisotopic (exact) mass is 285 g/mol. The fourth-order valence-corrected chi connectivity index (χ4v) is 1.83. The maximum atomic E-state index is 13.8. The summed E-state index contributed by atoms with van der Waals surface area (Å²) >= 11 is 0. The molecule has 2 rings (SSSR count). The van der Waals surface area contributed by atoms with Crippen LogP contribution in [0.1, 0.15) is 32.3 Å². The third-order valence-corrected chi connectivity index (χ3v) is 3.01. The highest BCUT2D eigenvalue weighted by Crippen LogP contribution is 2.24. The summed E-state index contributed by atoms with van der Waals surface area (Å²) in [5, 5.41) is 3.22. The van der Waals surface area contributed by atoms with Crippen LogP contribution in [0.5, 0.6) is 5.75 Å². The SMILES string of the molecule is CC(C)OCCOc1c(F)cc(CNC2CC2)cc1F. The molecule has 112 valence electrons. The Kier molecular flexibility index (Phi) is 5.31. The highest BCUT2D eigenvalue weighted by Gasteiger charge is 2.20. The summed E-state index contributed by atoms with van der Waals surface area (Å²) < 4.78 is 38.0. The molecule has 1 aliphatic rings.